The van der Waals surface area contributed by atoms with Gasteiger partial charge in [0.25, 0.3) is 0 Å². The molecule has 0 aromatic heterocycles. The van der Waals surface area contributed by atoms with E-state index in [-0.39, 0.29) is 0 Å². The second-order valence-corrected chi connectivity index (χ2v) is 6.67. The second kappa shape index (κ2) is 7.35. The summed E-state index contributed by atoms with van der Waals surface area (Å²) in [6, 6.07) is 8.36. The van der Waals surface area contributed by atoms with Crippen LogP contribution < -0.4 is 9.64 Å². The zero-order chi connectivity index (χ0) is 14.4. The molecule has 0 heterocycles. The lowest BCUT2D eigenvalue weighted by Crippen LogP contribution is -2.36. The summed E-state index contributed by atoms with van der Waals surface area (Å²) in [5.74, 6) is 0.933. The standard InChI is InChI=1S/C17H26BrNO/c1-19(15-8-7-9-16(12-15)20-2)14-17(13-18)10-5-3-4-6-11-17/h7-9,12H,3-6,10-11,13-14H2,1-2H3. The predicted octanol–water partition coefficient (Wildman–Crippen LogP) is 4.87. The summed E-state index contributed by atoms with van der Waals surface area (Å²) in [4.78, 5) is 2.38. The fourth-order valence-corrected chi connectivity index (χ4v) is 3.99. The van der Waals surface area contributed by atoms with Crippen LogP contribution in [0.2, 0.25) is 0 Å². The van der Waals surface area contributed by atoms with Gasteiger partial charge in [-0.1, -0.05) is 47.7 Å². The first-order valence-electron chi connectivity index (χ1n) is 7.60. The zero-order valence-electron chi connectivity index (χ0n) is 12.7. The fraction of sp³-hybridized carbons (Fsp3) is 0.647. The van der Waals surface area contributed by atoms with E-state index < -0.39 is 0 Å². The molecule has 1 aromatic rings. The minimum atomic E-state index is 0.425. The summed E-state index contributed by atoms with van der Waals surface area (Å²) in [6.45, 7) is 1.12. The minimum Gasteiger partial charge on any atom is -0.497 e. The van der Waals surface area contributed by atoms with Crippen molar-refractivity contribution >= 4 is 21.6 Å². The van der Waals surface area contributed by atoms with Gasteiger partial charge < -0.3 is 9.64 Å². The average molecular weight is 340 g/mol. The van der Waals surface area contributed by atoms with E-state index in [4.69, 9.17) is 4.74 Å². The van der Waals surface area contributed by atoms with E-state index in [9.17, 15) is 0 Å². The van der Waals surface area contributed by atoms with Crippen LogP contribution in [0, 0.1) is 5.41 Å². The summed E-state index contributed by atoms with van der Waals surface area (Å²) in [7, 11) is 3.93. The van der Waals surface area contributed by atoms with E-state index in [1.807, 2.05) is 6.07 Å². The number of alkyl halides is 1. The molecule has 0 unspecified atom stereocenters. The number of hydrogen-bond donors (Lipinski definition) is 0. The molecule has 0 bridgehead atoms. The molecule has 112 valence electrons. The van der Waals surface area contributed by atoms with E-state index in [0.29, 0.717) is 5.41 Å². The smallest absolute Gasteiger partial charge is 0.120 e. The summed E-state index contributed by atoms with van der Waals surface area (Å²) in [6.07, 6.45) is 8.23. The Hall–Kier alpha value is -0.700. The molecule has 2 rings (SSSR count). The van der Waals surface area contributed by atoms with Crippen LogP contribution in [0.5, 0.6) is 5.75 Å². The highest BCUT2D eigenvalue weighted by Gasteiger charge is 2.31. The topological polar surface area (TPSA) is 12.5 Å². The third-order valence-electron chi connectivity index (χ3n) is 4.51. The summed E-state index contributed by atoms with van der Waals surface area (Å²) in [5.41, 5.74) is 1.67. The van der Waals surface area contributed by atoms with Gasteiger partial charge in [0.15, 0.2) is 0 Å². The van der Waals surface area contributed by atoms with Crippen molar-refractivity contribution in [3.63, 3.8) is 0 Å². The Morgan fingerprint density at radius 1 is 1.20 bits per heavy atom. The van der Waals surface area contributed by atoms with E-state index >= 15 is 0 Å². The number of nitrogens with zero attached hydrogens (tertiary/aromatic N) is 1. The monoisotopic (exact) mass is 339 g/mol. The lowest BCUT2D eigenvalue weighted by Gasteiger charge is -2.36. The Kier molecular flexibility index (Phi) is 5.76. The molecule has 3 heteroatoms. The molecule has 0 saturated heterocycles. The van der Waals surface area contributed by atoms with Crippen molar-refractivity contribution in [2.75, 3.05) is 30.9 Å². The first kappa shape index (κ1) is 15.7. The van der Waals surface area contributed by atoms with Crippen LogP contribution in [-0.4, -0.2) is 26.0 Å². The van der Waals surface area contributed by atoms with Gasteiger partial charge in [-0.15, -0.1) is 0 Å². The molecule has 2 nitrogen and oxygen atoms in total. The van der Waals surface area contributed by atoms with Gasteiger partial charge in [0, 0.05) is 30.7 Å². The minimum absolute atomic E-state index is 0.425. The van der Waals surface area contributed by atoms with Crippen molar-refractivity contribution in [2.45, 2.75) is 38.5 Å². The zero-order valence-corrected chi connectivity index (χ0v) is 14.3. The molecule has 0 aliphatic heterocycles. The molecule has 0 N–H and O–H groups in total. The molecule has 0 atom stereocenters. The maximum atomic E-state index is 5.33. The average Bonchev–Trinajstić information content (AvgIpc) is 2.73. The lowest BCUT2D eigenvalue weighted by atomic mass is 9.82. The maximum absolute atomic E-state index is 5.33. The second-order valence-electron chi connectivity index (χ2n) is 6.11. The van der Waals surface area contributed by atoms with Crippen molar-refractivity contribution in [1.82, 2.24) is 0 Å². The van der Waals surface area contributed by atoms with Crippen molar-refractivity contribution in [3.8, 4) is 5.75 Å². The highest BCUT2D eigenvalue weighted by molar-refractivity contribution is 9.09. The Morgan fingerprint density at radius 2 is 1.90 bits per heavy atom. The Balaban J connectivity index is 2.09. The quantitative estimate of drug-likeness (QED) is 0.560. The molecule has 0 spiro atoms. The van der Waals surface area contributed by atoms with Crippen LogP contribution in [0.15, 0.2) is 24.3 Å². The lowest BCUT2D eigenvalue weighted by molar-refractivity contribution is 0.295. The van der Waals surface area contributed by atoms with Gasteiger partial charge in [-0.05, 0) is 30.4 Å². The first-order valence-corrected chi connectivity index (χ1v) is 8.72. The van der Waals surface area contributed by atoms with Gasteiger partial charge in [-0.2, -0.15) is 0 Å². The number of rotatable bonds is 5. The number of ether oxygens (including phenoxy) is 1. The number of hydrogen-bond acceptors (Lipinski definition) is 2. The van der Waals surface area contributed by atoms with Crippen LogP contribution in [0.4, 0.5) is 5.69 Å². The molecule has 20 heavy (non-hydrogen) atoms. The maximum Gasteiger partial charge on any atom is 0.120 e. The van der Waals surface area contributed by atoms with Crippen molar-refractivity contribution in [2.24, 2.45) is 5.41 Å². The van der Waals surface area contributed by atoms with Crippen LogP contribution in [-0.2, 0) is 0 Å². The van der Waals surface area contributed by atoms with Crippen LogP contribution in [0.3, 0.4) is 0 Å². The first-order chi connectivity index (χ1) is 9.69. The third-order valence-corrected chi connectivity index (χ3v) is 5.70. The van der Waals surface area contributed by atoms with E-state index in [1.54, 1.807) is 7.11 Å². The van der Waals surface area contributed by atoms with Gasteiger partial charge >= 0.3 is 0 Å². The van der Waals surface area contributed by atoms with Gasteiger partial charge in [0.2, 0.25) is 0 Å². The highest BCUT2D eigenvalue weighted by Crippen LogP contribution is 2.38. The van der Waals surface area contributed by atoms with Gasteiger partial charge in [0.1, 0.15) is 5.75 Å². The molecule has 1 aliphatic rings. The fourth-order valence-electron chi connectivity index (χ4n) is 3.25. The van der Waals surface area contributed by atoms with E-state index in [0.717, 1.165) is 17.6 Å². The van der Waals surface area contributed by atoms with Crippen LogP contribution in [0.25, 0.3) is 0 Å². The molecule has 1 saturated carbocycles. The summed E-state index contributed by atoms with van der Waals surface area (Å²) < 4.78 is 5.33. The number of anilines is 1. The van der Waals surface area contributed by atoms with Crippen molar-refractivity contribution < 1.29 is 4.74 Å². The molecule has 1 aromatic carbocycles. The summed E-state index contributed by atoms with van der Waals surface area (Å²) >= 11 is 3.78. The van der Waals surface area contributed by atoms with E-state index in [1.165, 1.54) is 44.2 Å². The Bertz CT molecular complexity index is 413. The molecule has 0 amide bonds. The third kappa shape index (κ3) is 3.91. The Labute approximate surface area is 131 Å². The molecular formula is C17H26BrNO. The Morgan fingerprint density at radius 3 is 2.50 bits per heavy atom. The van der Waals surface area contributed by atoms with Gasteiger partial charge in [-0.25, -0.2) is 0 Å². The normalized spacial score (nSPS) is 18.4. The molecule has 1 aliphatic carbocycles. The van der Waals surface area contributed by atoms with Crippen LogP contribution >= 0.6 is 15.9 Å². The number of halogens is 1. The van der Waals surface area contributed by atoms with Crippen molar-refractivity contribution in [3.05, 3.63) is 24.3 Å². The SMILES string of the molecule is COc1cccc(N(C)CC2(CBr)CCCCCC2)c1. The van der Waals surface area contributed by atoms with E-state index in [2.05, 4.69) is 46.1 Å². The molecular weight excluding hydrogens is 314 g/mol. The van der Waals surface area contributed by atoms with Gasteiger partial charge in [0.05, 0.1) is 7.11 Å². The highest BCUT2D eigenvalue weighted by atomic mass is 79.9. The largest absolute Gasteiger partial charge is 0.497 e. The number of benzene rings is 1. The molecule has 0 radical (unpaired) electrons. The van der Waals surface area contributed by atoms with Crippen molar-refractivity contribution in [1.29, 1.82) is 0 Å². The van der Waals surface area contributed by atoms with Crippen LogP contribution in [0.1, 0.15) is 38.5 Å². The predicted molar refractivity (Wildman–Crippen MR) is 90.2 cm³/mol. The van der Waals surface area contributed by atoms with Gasteiger partial charge in [-0.3, -0.25) is 0 Å². The summed E-state index contributed by atoms with van der Waals surface area (Å²) in [5, 5.41) is 1.11. The molecule has 1 fully saturated rings. The number of methoxy groups -OCH3 is 1.